The van der Waals surface area contributed by atoms with E-state index in [1.54, 1.807) is 0 Å². The molecule has 1 aromatic rings. The lowest BCUT2D eigenvalue weighted by Gasteiger charge is -2.32. The van der Waals surface area contributed by atoms with Gasteiger partial charge in [-0.3, -0.25) is 0 Å². The molecule has 1 nitrogen and oxygen atoms in total. The van der Waals surface area contributed by atoms with Crippen molar-refractivity contribution in [1.82, 2.24) is 5.32 Å². The molecule has 1 aliphatic carbocycles. The van der Waals surface area contributed by atoms with Crippen LogP contribution < -0.4 is 5.32 Å². The molecule has 1 fully saturated rings. The van der Waals surface area contributed by atoms with Gasteiger partial charge in [0.05, 0.1) is 5.56 Å². The third-order valence-electron chi connectivity index (χ3n) is 4.10. The van der Waals surface area contributed by atoms with Gasteiger partial charge in [-0.2, -0.15) is 13.2 Å². The van der Waals surface area contributed by atoms with E-state index in [1.165, 1.54) is 6.07 Å². The molecule has 0 heterocycles. The fourth-order valence-electron chi connectivity index (χ4n) is 3.14. The number of benzene rings is 1. The molecule has 112 valence electrons. The molecule has 5 heteroatoms. The van der Waals surface area contributed by atoms with Gasteiger partial charge in [0.2, 0.25) is 0 Å². The van der Waals surface area contributed by atoms with Crippen LogP contribution in [0.15, 0.2) is 18.2 Å². The molecule has 0 radical (unpaired) electrons. The monoisotopic (exact) mass is 289 g/mol. The van der Waals surface area contributed by atoms with Crippen LogP contribution in [0.2, 0.25) is 0 Å². The van der Waals surface area contributed by atoms with Gasteiger partial charge >= 0.3 is 6.18 Å². The Morgan fingerprint density at radius 2 is 1.90 bits per heavy atom. The topological polar surface area (TPSA) is 12.0 Å². The zero-order valence-electron chi connectivity index (χ0n) is 11.4. The van der Waals surface area contributed by atoms with E-state index >= 15 is 0 Å². The molecule has 2 rings (SSSR count). The van der Waals surface area contributed by atoms with Crippen molar-refractivity contribution in [2.45, 2.75) is 37.8 Å². The fraction of sp³-hybridized carbons (Fsp3) is 0.600. The number of hydrogen-bond acceptors (Lipinski definition) is 1. The summed E-state index contributed by atoms with van der Waals surface area (Å²) in [4.78, 5) is 0. The molecular formula is C15H19F4N. The van der Waals surface area contributed by atoms with Crippen LogP contribution in [0, 0.1) is 11.7 Å². The molecule has 0 aliphatic heterocycles. The average molecular weight is 289 g/mol. The summed E-state index contributed by atoms with van der Waals surface area (Å²) in [7, 11) is 1.86. The molecule has 0 spiro atoms. The Hall–Kier alpha value is -1.10. The van der Waals surface area contributed by atoms with Crippen molar-refractivity contribution < 1.29 is 17.6 Å². The second-order valence-corrected chi connectivity index (χ2v) is 5.45. The van der Waals surface area contributed by atoms with Gasteiger partial charge in [0.1, 0.15) is 5.82 Å². The van der Waals surface area contributed by atoms with Crippen LogP contribution in [0.5, 0.6) is 0 Å². The van der Waals surface area contributed by atoms with E-state index in [0.29, 0.717) is 11.5 Å². The van der Waals surface area contributed by atoms with Gasteiger partial charge in [-0.05, 0) is 56.0 Å². The summed E-state index contributed by atoms with van der Waals surface area (Å²) in [6.07, 6.45) is -0.496. The zero-order chi connectivity index (χ0) is 14.8. The summed E-state index contributed by atoms with van der Waals surface area (Å²) in [6, 6.07) is 3.38. The van der Waals surface area contributed by atoms with Crippen LogP contribution in [0.3, 0.4) is 0 Å². The minimum absolute atomic E-state index is 0.146. The summed E-state index contributed by atoms with van der Waals surface area (Å²) >= 11 is 0. The van der Waals surface area contributed by atoms with Crippen LogP contribution >= 0.6 is 0 Å². The Bertz CT molecular complexity index is 454. The van der Waals surface area contributed by atoms with Crippen LogP contribution in [0.25, 0.3) is 0 Å². The van der Waals surface area contributed by atoms with Gasteiger partial charge in [-0.1, -0.05) is 18.9 Å². The third-order valence-corrected chi connectivity index (χ3v) is 4.10. The first-order valence-electron chi connectivity index (χ1n) is 6.94. The van der Waals surface area contributed by atoms with E-state index in [9.17, 15) is 17.6 Å². The first kappa shape index (κ1) is 15.3. The smallest absolute Gasteiger partial charge is 0.319 e. The van der Waals surface area contributed by atoms with Crippen molar-refractivity contribution >= 4 is 0 Å². The molecule has 2 atom stereocenters. The molecule has 0 aromatic heterocycles. The standard InChI is InChI=1S/C15H19F4N/c1-20-9-11-4-2-3-5-12(11)10-6-7-13(14(16)8-10)15(17,18)19/h6-8,11-12,20H,2-5,9H2,1H3. The van der Waals surface area contributed by atoms with Crippen molar-refractivity contribution in [3.63, 3.8) is 0 Å². The molecule has 0 saturated heterocycles. The first-order valence-corrected chi connectivity index (χ1v) is 6.94. The van der Waals surface area contributed by atoms with E-state index in [2.05, 4.69) is 5.32 Å². The molecule has 0 bridgehead atoms. The van der Waals surface area contributed by atoms with Gasteiger partial charge < -0.3 is 5.32 Å². The largest absolute Gasteiger partial charge is 0.419 e. The van der Waals surface area contributed by atoms with Crippen molar-refractivity contribution in [3.05, 3.63) is 35.1 Å². The maximum absolute atomic E-state index is 13.7. The van der Waals surface area contributed by atoms with Crippen molar-refractivity contribution in [2.24, 2.45) is 5.92 Å². The highest BCUT2D eigenvalue weighted by atomic mass is 19.4. The molecule has 1 N–H and O–H groups in total. The summed E-state index contributed by atoms with van der Waals surface area (Å²) < 4.78 is 51.4. The number of hydrogen-bond donors (Lipinski definition) is 1. The Balaban J connectivity index is 2.25. The van der Waals surface area contributed by atoms with Gasteiger partial charge in [0, 0.05) is 0 Å². The number of halogens is 4. The second kappa shape index (κ2) is 6.12. The summed E-state index contributed by atoms with van der Waals surface area (Å²) in [6.45, 7) is 0.813. The van der Waals surface area contributed by atoms with E-state index < -0.39 is 17.6 Å². The second-order valence-electron chi connectivity index (χ2n) is 5.45. The fourth-order valence-corrected chi connectivity index (χ4v) is 3.14. The molecule has 1 aromatic carbocycles. The number of alkyl halides is 3. The van der Waals surface area contributed by atoms with E-state index in [4.69, 9.17) is 0 Å². The highest BCUT2D eigenvalue weighted by Crippen LogP contribution is 2.39. The SMILES string of the molecule is CNCC1CCCCC1c1ccc(C(F)(F)F)c(F)c1. The Kier molecular flexibility index (Phi) is 4.68. The van der Waals surface area contributed by atoms with E-state index in [-0.39, 0.29) is 5.92 Å². The minimum Gasteiger partial charge on any atom is -0.319 e. The lowest BCUT2D eigenvalue weighted by atomic mass is 9.75. The molecule has 20 heavy (non-hydrogen) atoms. The third kappa shape index (κ3) is 3.32. The predicted molar refractivity (Wildman–Crippen MR) is 70.0 cm³/mol. The van der Waals surface area contributed by atoms with Crippen LogP contribution in [0.1, 0.15) is 42.7 Å². The number of rotatable bonds is 3. The summed E-state index contributed by atoms with van der Waals surface area (Å²) in [5.74, 6) is -0.651. The van der Waals surface area contributed by atoms with Crippen molar-refractivity contribution in [3.8, 4) is 0 Å². The zero-order valence-corrected chi connectivity index (χ0v) is 11.4. The molecule has 0 amide bonds. The summed E-state index contributed by atoms with van der Waals surface area (Å²) in [5, 5.41) is 3.11. The highest BCUT2D eigenvalue weighted by Gasteiger charge is 2.35. The lowest BCUT2D eigenvalue weighted by molar-refractivity contribution is -0.140. The highest BCUT2D eigenvalue weighted by molar-refractivity contribution is 5.29. The van der Waals surface area contributed by atoms with Crippen molar-refractivity contribution in [2.75, 3.05) is 13.6 Å². The Labute approximate surface area is 116 Å². The van der Waals surface area contributed by atoms with Crippen LogP contribution in [-0.4, -0.2) is 13.6 Å². The summed E-state index contributed by atoms with van der Waals surface area (Å²) in [5.41, 5.74) is -0.488. The minimum atomic E-state index is -4.63. The van der Waals surface area contributed by atoms with Gasteiger partial charge in [-0.25, -0.2) is 4.39 Å². The molecule has 2 unspecified atom stereocenters. The molecule has 1 aliphatic rings. The average Bonchev–Trinajstić information content (AvgIpc) is 2.38. The van der Waals surface area contributed by atoms with Crippen LogP contribution in [0.4, 0.5) is 17.6 Å². The van der Waals surface area contributed by atoms with Gasteiger partial charge in [0.15, 0.2) is 0 Å². The van der Waals surface area contributed by atoms with E-state index in [0.717, 1.165) is 44.4 Å². The van der Waals surface area contributed by atoms with E-state index in [1.807, 2.05) is 7.05 Å². The first-order chi connectivity index (χ1) is 9.43. The maximum atomic E-state index is 13.7. The lowest BCUT2D eigenvalue weighted by Crippen LogP contribution is -2.27. The molecular weight excluding hydrogens is 270 g/mol. The van der Waals surface area contributed by atoms with Crippen LogP contribution in [-0.2, 0) is 6.18 Å². The maximum Gasteiger partial charge on any atom is 0.419 e. The Morgan fingerprint density at radius 3 is 2.50 bits per heavy atom. The van der Waals surface area contributed by atoms with Crippen molar-refractivity contribution in [1.29, 1.82) is 0 Å². The number of nitrogens with one attached hydrogen (secondary N) is 1. The van der Waals surface area contributed by atoms with Gasteiger partial charge in [-0.15, -0.1) is 0 Å². The van der Waals surface area contributed by atoms with Gasteiger partial charge in [0.25, 0.3) is 0 Å². The molecule has 1 saturated carbocycles. The predicted octanol–water partition coefficient (Wildman–Crippen LogP) is 4.34. The quantitative estimate of drug-likeness (QED) is 0.816. The normalized spacial score (nSPS) is 23.9. The Morgan fingerprint density at radius 1 is 1.20 bits per heavy atom.